The standard InChI is InChI=1S/C50H76N16O8/c1-27(2)40(65-42(67)33(52)23-29-25-59-34-15-7-5-13-31(29)34)47(72)64-39(24-30-26-60-35-16-8-6-14-32(30)35)45(70)66-41(28(3)4)46(71)62-37(18-11-21-57-49(53)54)43(68)61-36(17-9-10-20-51)44(69)63-38(48(73)74)19-12-22-58-50(55)56/h5-8,13-16,25-28,33,36-41,59-60H,9-12,17-24,51-52H2,1-4H3,(H,61,68)(H,62,71)(H,63,69)(H,64,72)(H,65,67)(H,66,70)(H,73,74)(H4,53,54,57)(H4,55,56,58)/t33-,36-,37-,38-,39-,40-,41-/m0/s1. The summed E-state index contributed by atoms with van der Waals surface area (Å²) < 4.78 is 0. The molecule has 0 spiro atoms. The third-order valence-electron chi connectivity index (χ3n) is 12.5. The van der Waals surface area contributed by atoms with Crippen molar-refractivity contribution in [3.63, 3.8) is 0 Å². The van der Waals surface area contributed by atoms with Crippen molar-refractivity contribution in [2.24, 2.45) is 34.8 Å². The lowest BCUT2D eigenvalue weighted by atomic mass is 9.98. The molecule has 2 heterocycles. The summed E-state index contributed by atoms with van der Waals surface area (Å²) in [6.07, 6.45) is 5.01. The maximum absolute atomic E-state index is 14.6. The lowest BCUT2D eigenvalue weighted by molar-refractivity contribution is -0.142. The number of nitrogens with one attached hydrogen (secondary N) is 12. The second kappa shape index (κ2) is 29.1. The van der Waals surface area contributed by atoms with Gasteiger partial charge in [0.25, 0.3) is 0 Å². The molecule has 0 aliphatic carbocycles. The summed E-state index contributed by atoms with van der Waals surface area (Å²) in [5.41, 5.74) is 26.1. The molecule has 24 heteroatoms. The van der Waals surface area contributed by atoms with Gasteiger partial charge in [0, 0.05) is 53.7 Å². The molecule has 0 fully saturated rings. The zero-order valence-electron chi connectivity index (χ0n) is 42.6. The summed E-state index contributed by atoms with van der Waals surface area (Å²) in [5.74, 6) is -7.28. The van der Waals surface area contributed by atoms with Gasteiger partial charge in [-0.15, -0.1) is 0 Å². The van der Waals surface area contributed by atoms with Gasteiger partial charge in [-0.05, 0) is 93.0 Å². The summed E-state index contributed by atoms with van der Waals surface area (Å²) in [6.45, 7) is 7.46. The van der Waals surface area contributed by atoms with Crippen LogP contribution in [0, 0.1) is 22.7 Å². The van der Waals surface area contributed by atoms with E-state index in [-0.39, 0.29) is 76.5 Å². The molecule has 2 aromatic heterocycles. The number of carboxylic acid groups (broad SMARTS) is 1. The smallest absolute Gasteiger partial charge is 0.326 e. The number of aromatic nitrogens is 2. The van der Waals surface area contributed by atoms with Crippen LogP contribution in [0.5, 0.6) is 0 Å². The molecule has 4 rings (SSSR count). The summed E-state index contributed by atoms with van der Waals surface area (Å²) in [5, 5.41) is 48.0. The molecule has 74 heavy (non-hydrogen) atoms. The maximum Gasteiger partial charge on any atom is 0.326 e. The van der Waals surface area contributed by atoms with Crippen LogP contribution in [0.1, 0.15) is 83.8 Å². The van der Waals surface area contributed by atoms with Crippen LogP contribution < -0.4 is 65.5 Å². The average molecular weight is 1030 g/mol. The van der Waals surface area contributed by atoms with Gasteiger partial charge >= 0.3 is 5.97 Å². The van der Waals surface area contributed by atoms with E-state index in [0.29, 0.717) is 18.4 Å². The third-order valence-corrected chi connectivity index (χ3v) is 12.5. The third kappa shape index (κ3) is 18.1. The molecule has 7 atom stereocenters. The van der Waals surface area contributed by atoms with E-state index in [9.17, 15) is 38.7 Å². The number of amides is 6. The summed E-state index contributed by atoms with van der Waals surface area (Å²) in [4.78, 5) is 103. The van der Waals surface area contributed by atoms with Crippen LogP contribution >= 0.6 is 0 Å². The maximum atomic E-state index is 14.6. The van der Waals surface area contributed by atoms with Crippen LogP contribution in [0.25, 0.3) is 21.8 Å². The normalized spacial score (nSPS) is 14.2. The van der Waals surface area contributed by atoms with Gasteiger partial charge in [-0.1, -0.05) is 64.1 Å². The summed E-state index contributed by atoms with van der Waals surface area (Å²) >= 11 is 0. The van der Waals surface area contributed by atoms with Crippen molar-refractivity contribution < 1.29 is 38.7 Å². The molecular formula is C50H76N16O8. The summed E-state index contributed by atoms with van der Waals surface area (Å²) in [6, 6.07) is 6.39. The van der Waals surface area contributed by atoms with Gasteiger partial charge in [0.1, 0.15) is 36.3 Å². The minimum atomic E-state index is -1.34. The van der Waals surface area contributed by atoms with E-state index in [1.54, 1.807) is 40.1 Å². The van der Waals surface area contributed by atoms with E-state index >= 15 is 0 Å². The molecule has 0 bridgehead atoms. The fraction of sp³-hybridized carbons (Fsp3) is 0.500. The molecule has 0 unspecified atom stereocenters. The highest BCUT2D eigenvalue weighted by molar-refractivity contribution is 5.98. The van der Waals surface area contributed by atoms with Crippen LogP contribution in [-0.2, 0) is 46.4 Å². The average Bonchev–Trinajstić information content (AvgIpc) is 3.96. The quantitative estimate of drug-likeness (QED) is 0.0175. The minimum Gasteiger partial charge on any atom is -0.480 e. The van der Waals surface area contributed by atoms with Crippen LogP contribution in [0.3, 0.4) is 0 Å². The molecule has 2 aromatic carbocycles. The van der Waals surface area contributed by atoms with Gasteiger partial charge < -0.3 is 80.5 Å². The highest BCUT2D eigenvalue weighted by Gasteiger charge is 2.36. The molecule has 0 saturated carbocycles. The van der Waals surface area contributed by atoms with Gasteiger partial charge in [-0.2, -0.15) is 0 Å². The lowest BCUT2D eigenvalue weighted by Gasteiger charge is -2.29. The van der Waals surface area contributed by atoms with Crippen molar-refractivity contribution in [1.29, 1.82) is 10.8 Å². The first-order valence-corrected chi connectivity index (χ1v) is 25.0. The predicted molar refractivity (Wildman–Crippen MR) is 282 cm³/mol. The van der Waals surface area contributed by atoms with Crippen molar-refractivity contribution >= 4 is 75.1 Å². The number of rotatable bonds is 31. The van der Waals surface area contributed by atoms with Crippen LogP contribution in [0.2, 0.25) is 0 Å². The first-order chi connectivity index (χ1) is 35.2. The number of hydrogen-bond donors (Lipinski definition) is 17. The molecule has 0 aliphatic heterocycles. The zero-order chi connectivity index (χ0) is 54.5. The van der Waals surface area contributed by atoms with E-state index in [4.69, 9.17) is 33.8 Å². The second-order valence-electron chi connectivity index (χ2n) is 19.0. The number of benzene rings is 2. The molecular weight excluding hydrogens is 953 g/mol. The van der Waals surface area contributed by atoms with Crippen molar-refractivity contribution in [2.45, 2.75) is 128 Å². The van der Waals surface area contributed by atoms with Crippen molar-refractivity contribution in [2.75, 3.05) is 19.6 Å². The molecule has 4 aromatic rings. The predicted octanol–water partition coefficient (Wildman–Crippen LogP) is -0.277. The van der Waals surface area contributed by atoms with E-state index in [1.807, 2.05) is 48.5 Å². The highest BCUT2D eigenvalue weighted by Crippen LogP contribution is 2.21. The number of carbonyl (C=O) groups is 7. The SMILES string of the molecule is CC(C)[C@H](NC(=O)[C@H](Cc1c[nH]c2ccccc12)NC(=O)[C@@H](NC(=O)[C@@H](N)Cc1c[nH]c2ccccc12)C(C)C)C(=O)N[C@@H](CCCNC(=N)N)C(=O)N[C@@H](CCCCN)C(=O)N[C@@H](CCCNC(=N)N)C(=O)O. The van der Waals surface area contributed by atoms with Crippen LogP contribution in [0.15, 0.2) is 60.9 Å². The number of nitrogens with two attached hydrogens (primary N) is 4. The Kier molecular flexibility index (Phi) is 23.1. The molecule has 404 valence electrons. The number of H-pyrrole nitrogens is 2. The summed E-state index contributed by atoms with van der Waals surface area (Å²) in [7, 11) is 0. The first-order valence-electron chi connectivity index (χ1n) is 25.0. The lowest BCUT2D eigenvalue weighted by Crippen LogP contribution is -2.61. The van der Waals surface area contributed by atoms with E-state index < -0.39 is 95.5 Å². The Hall–Kier alpha value is -7.73. The second-order valence-corrected chi connectivity index (χ2v) is 19.0. The minimum absolute atomic E-state index is 0.0159. The fourth-order valence-corrected chi connectivity index (χ4v) is 8.36. The Morgan fingerprint density at radius 1 is 0.541 bits per heavy atom. The number of hydrogen-bond acceptors (Lipinski definition) is 11. The van der Waals surface area contributed by atoms with Crippen LogP contribution in [-0.4, -0.2) is 130 Å². The van der Waals surface area contributed by atoms with Crippen molar-refractivity contribution in [1.82, 2.24) is 52.5 Å². The van der Waals surface area contributed by atoms with E-state index in [1.165, 1.54) is 0 Å². The number of fused-ring (bicyclic) bond motifs is 2. The molecule has 21 N–H and O–H groups in total. The zero-order valence-corrected chi connectivity index (χ0v) is 42.6. The van der Waals surface area contributed by atoms with Gasteiger partial charge in [0.2, 0.25) is 35.4 Å². The Morgan fingerprint density at radius 2 is 0.946 bits per heavy atom. The van der Waals surface area contributed by atoms with Crippen molar-refractivity contribution in [3.05, 3.63) is 72.1 Å². The highest BCUT2D eigenvalue weighted by atomic mass is 16.4. The molecule has 6 amide bonds. The van der Waals surface area contributed by atoms with Gasteiger partial charge in [0.05, 0.1) is 6.04 Å². The molecule has 24 nitrogen and oxygen atoms in total. The van der Waals surface area contributed by atoms with Crippen LogP contribution in [0.4, 0.5) is 0 Å². The molecule has 0 radical (unpaired) electrons. The number of carboxylic acids is 1. The number of carbonyl (C=O) groups excluding carboxylic acids is 6. The number of unbranched alkanes of at least 4 members (excludes halogenated alkanes) is 1. The van der Waals surface area contributed by atoms with Gasteiger partial charge in [-0.3, -0.25) is 39.6 Å². The number of guanidine groups is 2. The van der Waals surface area contributed by atoms with Crippen molar-refractivity contribution in [3.8, 4) is 0 Å². The molecule has 0 aliphatic rings. The van der Waals surface area contributed by atoms with Gasteiger partial charge in [-0.25, -0.2) is 4.79 Å². The first kappa shape index (κ1) is 58.8. The largest absolute Gasteiger partial charge is 0.480 e. The van der Waals surface area contributed by atoms with E-state index in [0.717, 1.165) is 27.4 Å². The number of para-hydroxylation sites is 2. The van der Waals surface area contributed by atoms with Gasteiger partial charge in [0.15, 0.2) is 11.9 Å². The van der Waals surface area contributed by atoms with E-state index in [2.05, 4.69) is 52.5 Å². The molecule has 0 saturated heterocycles. The monoisotopic (exact) mass is 1030 g/mol. The Bertz CT molecular complexity index is 2560. The number of aliphatic carboxylic acids is 1. The fourth-order valence-electron chi connectivity index (χ4n) is 8.36. The topological polar surface area (TPSA) is 419 Å². The Morgan fingerprint density at radius 3 is 1.42 bits per heavy atom. The Labute approximate surface area is 430 Å². The Balaban J connectivity index is 1.57. The number of aromatic amines is 2.